The number of hydrogen-bond donors (Lipinski definition) is 3. The first-order valence-corrected chi connectivity index (χ1v) is 9.28. The van der Waals surface area contributed by atoms with E-state index >= 15 is 0 Å². The zero-order chi connectivity index (χ0) is 19.5. The fourth-order valence-electron chi connectivity index (χ4n) is 3.33. The van der Waals surface area contributed by atoms with Gasteiger partial charge in [0.1, 0.15) is 11.6 Å². The number of rotatable bonds is 7. The Morgan fingerprint density at radius 1 is 1.21 bits per heavy atom. The van der Waals surface area contributed by atoms with E-state index in [1.54, 1.807) is 6.92 Å². The number of aromatic nitrogens is 5. The number of aromatic amines is 2. The number of benzene rings is 1. The van der Waals surface area contributed by atoms with Gasteiger partial charge in [0.2, 0.25) is 11.9 Å². The van der Waals surface area contributed by atoms with Crippen LogP contribution in [0.1, 0.15) is 34.8 Å². The lowest BCUT2D eigenvalue weighted by Crippen LogP contribution is -2.16. The molecule has 4 rings (SSSR count). The minimum absolute atomic E-state index is 0.186. The third-order valence-corrected chi connectivity index (χ3v) is 4.84. The topological polar surface area (TPSA) is 112 Å². The molecular formula is C20H22N6O2. The van der Waals surface area contributed by atoms with Gasteiger partial charge in [0, 0.05) is 29.1 Å². The van der Waals surface area contributed by atoms with Crippen LogP contribution in [0.5, 0.6) is 0 Å². The summed E-state index contributed by atoms with van der Waals surface area (Å²) in [6, 6.07) is 8.28. The second-order valence-corrected chi connectivity index (χ2v) is 6.85. The highest BCUT2D eigenvalue weighted by atomic mass is 16.5. The number of fused-ring (bicyclic) bond motifs is 1. The number of aryl methyl sites for hydroxylation is 4. The molecule has 0 saturated carbocycles. The van der Waals surface area contributed by atoms with E-state index in [2.05, 4.69) is 49.0 Å². The van der Waals surface area contributed by atoms with Gasteiger partial charge in [0.25, 0.3) is 0 Å². The molecule has 0 aliphatic rings. The van der Waals surface area contributed by atoms with Crippen LogP contribution >= 0.6 is 0 Å². The van der Waals surface area contributed by atoms with Crippen LogP contribution in [-0.2, 0) is 24.1 Å². The zero-order valence-electron chi connectivity index (χ0n) is 15.9. The molecule has 144 valence electrons. The first kappa shape index (κ1) is 18.0. The molecule has 0 radical (unpaired) electrons. The number of para-hydroxylation sites is 1. The summed E-state index contributed by atoms with van der Waals surface area (Å²) in [7, 11) is 0. The molecule has 28 heavy (non-hydrogen) atoms. The van der Waals surface area contributed by atoms with Gasteiger partial charge in [-0.2, -0.15) is 4.98 Å². The van der Waals surface area contributed by atoms with Gasteiger partial charge in [0.15, 0.2) is 0 Å². The van der Waals surface area contributed by atoms with Crippen molar-refractivity contribution in [3.63, 3.8) is 0 Å². The molecule has 0 unspecified atom stereocenters. The molecule has 0 aliphatic heterocycles. The molecule has 0 saturated heterocycles. The number of nitrogens with one attached hydrogen (secondary N) is 3. The Morgan fingerprint density at radius 3 is 2.89 bits per heavy atom. The normalized spacial score (nSPS) is 11.2. The largest absolute Gasteiger partial charge is 0.361 e. The molecule has 1 amide bonds. The molecule has 4 aromatic rings. The summed E-state index contributed by atoms with van der Waals surface area (Å²) >= 11 is 0. The van der Waals surface area contributed by atoms with Crippen LogP contribution in [0.4, 0.5) is 5.95 Å². The van der Waals surface area contributed by atoms with Crippen molar-refractivity contribution < 1.29 is 9.32 Å². The molecule has 8 heteroatoms. The average Bonchev–Trinajstić information content (AvgIpc) is 3.38. The Bertz CT molecular complexity index is 1090. The lowest BCUT2D eigenvalue weighted by Gasteiger charge is -2.00. The van der Waals surface area contributed by atoms with Crippen molar-refractivity contribution >= 4 is 22.8 Å². The Hall–Kier alpha value is -3.42. The highest BCUT2D eigenvalue weighted by molar-refractivity contribution is 5.90. The Labute approximate surface area is 161 Å². The quantitative estimate of drug-likeness (QED) is 0.457. The molecule has 3 N–H and O–H groups in total. The fraction of sp³-hybridized carbons (Fsp3) is 0.300. The monoisotopic (exact) mass is 378 g/mol. The number of H-pyrrole nitrogens is 2. The minimum atomic E-state index is -0.196. The molecular weight excluding hydrogens is 356 g/mol. The fourth-order valence-corrected chi connectivity index (χ4v) is 3.33. The van der Waals surface area contributed by atoms with Gasteiger partial charge in [-0.25, -0.2) is 0 Å². The van der Waals surface area contributed by atoms with E-state index in [0.29, 0.717) is 11.7 Å². The predicted octanol–water partition coefficient (Wildman–Crippen LogP) is 3.25. The number of carbonyl (C=O) groups is 1. The highest BCUT2D eigenvalue weighted by Gasteiger charge is 2.15. The maximum atomic E-state index is 12.2. The van der Waals surface area contributed by atoms with Gasteiger partial charge >= 0.3 is 0 Å². The predicted molar refractivity (Wildman–Crippen MR) is 105 cm³/mol. The number of amides is 1. The summed E-state index contributed by atoms with van der Waals surface area (Å²) in [5.41, 5.74) is 3.97. The first-order valence-electron chi connectivity index (χ1n) is 9.28. The van der Waals surface area contributed by atoms with Crippen molar-refractivity contribution in [1.82, 2.24) is 25.3 Å². The van der Waals surface area contributed by atoms with Gasteiger partial charge in [-0.1, -0.05) is 23.4 Å². The van der Waals surface area contributed by atoms with Crippen molar-refractivity contribution in [1.29, 1.82) is 0 Å². The van der Waals surface area contributed by atoms with Crippen LogP contribution in [0.2, 0.25) is 0 Å². The summed E-state index contributed by atoms with van der Waals surface area (Å²) < 4.78 is 5.08. The summed E-state index contributed by atoms with van der Waals surface area (Å²) in [5, 5.41) is 14.8. The Morgan fingerprint density at radius 2 is 2.07 bits per heavy atom. The molecule has 8 nitrogen and oxygen atoms in total. The third-order valence-electron chi connectivity index (χ3n) is 4.84. The molecule has 0 fully saturated rings. The number of hydrogen-bond acceptors (Lipinski definition) is 5. The lowest BCUT2D eigenvalue weighted by molar-refractivity contribution is -0.115. The maximum Gasteiger partial charge on any atom is 0.248 e. The molecule has 0 atom stereocenters. The van der Waals surface area contributed by atoms with Crippen molar-refractivity contribution in [3.8, 4) is 0 Å². The maximum absolute atomic E-state index is 12.2. The van der Waals surface area contributed by atoms with E-state index in [4.69, 9.17) is 4.52 Å². The summed E-state index contributed by atoms with van der Waals surface area (Å²) in [4.78, 5) is 19.9. The third kappa shape index (κ3) is 3.80. The van der Waals surface area contributed by atoms with E-state index in [1.165, 1.54) is 10.9 Å². The molecule has 0 spiro atoms. The van der Waals surface area contributed by atoms with Crippen molar-refractivity contribution in [2.45, 2.75) is 39.5 Å². The minimum Gasteiger partial charge on any atom is -0.361 e. The average molecular weight is 378 g/mol. The molecule has 3 heterocycles. The number of anilines is 1. The van der Waals surface area contributed by atoms with E-state index in [-0.39, 0.29) is 12.3 Å². The Balaban J connectivity index is 1.30. The first-order chi connectivity index (χ1) is 13.6. The van der Waals surface area contributed by atoms with Crippen molar-refractivity contribution in [2.24, 2.45) is 0 Å². The van der Waals surface area contributed by atoms with Gasteiger partial charge in [0.05, 0.1) is 12.1 Å². The number of nitrogens with zero attached hydrogens (tertiary/aromatic N) is 3. The van der Waals surface area contributed by atoms with Gasteiger partial charge in [-0.3, -0.25) is 15.2 Å². The zero-order valence-corrected chi connectivity index (χ0v) is 15.9. The SMILES string of the molecule is Cc1noc(C)c1CC(=O)Nc1n[nH]c(CCCc2c[nH]c3ccccc23)n1. The van der Waals surface area contributed by atoms with Crippen molar-refractivity contribution in [2.75, 3.05) is 5.32 Å². The van der Waals surface area contributed by atoms with E-state index < -0.39 is 0 Å². The lowest BCUT2D eigenvalue weighted by atomic mass is 10.1. The molecule has 0 bridgehead atoms. The van der Waals surface area contributed by atoms with Crippen LogP contribution in [0.25, 0.3) is 10.9 Å². The van der Waals surface area contributed by atoms with Crippen LogP contribution < -0.4 is 5.32 Å². The smallest absolute Gasteiger partial charge is 0.248 e. The summed E-state index contributed by atoms with van der Waals surface area (Å²) in [6.07, 6.45) is 4.88. The molecule has 3 aromatic heterocycles. The Kier molecular flexibility index (Phi) is 4.92. The van der Waals surface area contributed by atoms with E-state index in [0.717, 1.165) is 41.9 Å². The highest BCUT2D eigenvalue weighted by Crippen LogP contribution is 2.19. The molecule has 1 aromatic carbocycles. The van der Waals surface area contributed by atoms with Crippen molar-refractivity contribution in [3.05, 3.63) is 58.9 Å². The van der Waals surface area contributed by atoms with E-state index in [9.17, 15) is 4.79 Å². The van der Waals surface area contributed by atoms with Crippen LogP contribution in [-0.4, -0.2) is 31.2 Å². The van der Waals surface area contributed by atoms with Gasteiger partial charge < -0.3 is 9.51 Å². The summed E-state index contributed by atoms with van der Waals surface area (Å²) in [5.74, 6) is 1.51. The van der Waals surface area contributed by atoms with Gasteiger partial charge in [-0.05, 0) is 38.3 Å². The molecule has 0 aliphatic carbocycles. The number of carbonyl (C=O) groups excluding carboxylic acids is 1. The second-order valence-electron chi connectivity index (χ2n) is 6.85. The van der Waals surface area contributed by atoms with E-state index in [1.807, 2.05) is 19.1 Å². The summed E-state index contributed by atoms with van der Waals surface area (Å²) in [6.45, 7) is 3.61. The second kappa shape index (κ2) is 7.67. The standard InChI is InChI=1S/C20H22N6O2/c1-12-16(13(2)28-26-12)10-19(27)23-20-22-18(24-25-20)9-5-6-14-11-21-17-8-4-3-7-15(14)17/h3-4,7-8,11,21H,5-6,9-10H2,1-2H3,(H2,22,23,24,25,27). The van der Waals surface area contributed by atoms with Crippen LogP contribution in [0, 0.1) is 13.8 Å². The van der Waals surface area contributed by atoms with Gasteiger partial charge in [-0.15, -0.1) is 5.10 Å². The van der Waals surface area contributed by atoms with Crippen LogP contribution in [0.15, 0.2) is 35.0 Å². The van der Waals surface area contributed by atoms with Crippen LogP contribution in [0.3, 0.4) is 0 Å².